The summed E-state index contributed by atoms with van der Waals surface area (Å²) >= 11 is 0. The Kier molecular flexibility index (Phi) is 3.50. The van der Waals surface area contributed by atoms with Gasteiger partial charge < -0.3 is 4.74 Å². The molecule has 4 nitrogen and oxygen atoms in total. The zero-order chi connectivity index (χ0) is 11.6. The molecule has 84 valence electrons. The summed E-state index contributed by atoms with van der Waals surface area (Å²) in [5.41, 5.74) is 2.95. The van der Waals surface area contributed by atoms with Crippen molar-refractivity contribution in [3.63, 3.8) is 0 Å². The number of esters is 1. The molecule has 0 aliphatic carbocycles. The van der Waals surface area contributed by atoms with Gasteiger partial charge in [-0.3, -0.25) is 9.48 Å². The van der Waals surface area contributed by atoms with Crippen LogP contribution in [0.1, 0.15) is 36.7 Å². The van der Waals surface area contributed by atoms with Crippen molar-refractivity contribution in [3.8, 4) is 0 Å². The molecule has 1 aromatic heterocycles. The minimum atomic E-state index is -0.240. The molecular weight excluding hydrogens is 192 g/mol. The molecule has 0 radical (unpaired) electrons. The van der Waals surface area contributed by atoms with Gasteiger partial charge in [0.2, 0.25) is 0 Å². The van der Waals surface area contributed by atoms with Crippen LogP contribution in [0.25, 0.3) is 0 Å². The lowest BCUT2D eigenvalue weighted by Crippen LogP contribution is -2.12. The smallest absolute Gasteiger partial charge is 0.312 e. The van der Waals surface area contributed by atoms with Crippen LogP contribution in [0.4, 0.5) is 0 Å². The lowest BCUT2D eigenvalue weighted by Gasteiger charge is -2.09. The topological polar surface area (TPSA) is 44.1 Å². The standard InChI is InChI=1S/C11H18N2O2/c1-6-13-9(4)10(8(3)12-13)7(2)11(14)15-5/h7H,6H2,1-5H3. The molecule has 1 rings (SSSR count). The molecule has 4 heteroatoms. The summed E-state index contributed by atoms with van der Waals surface area (Å²) in [5, 5.41) is 4.38. The number of rotatable bonds is 3. The second kappa shape index (κ2) is 4.47. The lowest BCUT2D eigenvalue weighted by atomic mass is 9.99. The second-order valence-electron chi connectivity index (χ2n) is 3.65. The SMILES string of the molecule is CCn1nc(C)c(C(C)C(=O)OC)c1C. The van der Waals surface area contributed by atoms with E-state index >= 15 is 0 Å². The van der Waals surface area contributed by atoms with Gasteiger partial charge in [0, 0.05) is 17.8 Å². The highest BCUT2D eigenvalue weighted by molar-refractivity contribution is 5.78. The second-order valence-corrected chi connectivity index (χ2v) is 3.65. The van der Waals surface area contributed by atoms with E-state index in [9.17, 15) is 4.79 Å². The molecule has 0 saturated carbocycles. The number of aromatic nitrogens is 2. The van der Waals surface area contributed by atoms with Crippen molar-refractivity contribution >= 4 is 5.97 Å². The number of carbonyl (C=O) groups excluding carboxylic acids is 1. The molecule has 15 heavy (non-hydrogen) atoms. The predicted octanol–water partition coefficient (Wildman–Crippen LogP) is 1.80. The van der Waals surface area contributed by atoms with Gasteiger partial charge in [0.25, 0.3) is 0 Å². The van der Waals surface area contributed by atoms with Crippen LogP contribution in [-0.2, 0) is 16.1 Å². The minimum Gasteiger partial charge on any atom is -0.469 e. The Labute approximate surface area is 90.2 Å². The highest BCUT2D eigenvalue weighted by atomic mass is 16.5. The first-order chi connectivity index (χ1) is 7.02. The molecular formula is C11H18N2O2. The zero-order valence-corrected chi connectivity index (χ0v) is 10.00. The average molecular weight is 210 g/mol. The Morgan fingerprint density at radius 3 is 2.53 bits per heavy atom. The van der Waals surface area contributed by atoms with E-state index in [1.807, 2.05) is 32.4 Å². The third-order valence-electron chi connectivity index (χ3n) is 2.72. The molecule has 0 saturated heterocycles. The quantitative estimate of drug-likeness (QED) is 0.714. The summed E-state index contributed by atoms with van der Waals surface area (Å²) in [6, 6.07) is 0. The Morgan fingerprint density at radius 1 is 1.53 bits per heavy atom. The zero-order valence-electron chi connectivity index (χ0n) is 10.00. The van der Waals surface area contributed by atoms with Crippen LogP contribution in [0.15, 0.2) is 0 Å². The third-order valence-corrected chi connectivity index (χ3v) is 2.72. The normalized spacial score (nSPS) is 12.6. The van der Waals surface area contributed by atoms with Gasteiger partial charge in [-0.15, -0.1) is 0 Å². The Balaban J connectivity index is 3.13. The van der Waals surface area contributed by atoms with Crippen LogP contribution < -0.4 is 0 Å². The Hall–Kier alpha value is -1.32. The average Bonchev–Trinajstić information content (AvgIpc) is 2.51. The van der Waals surface area contributed by atoms with Gasteiger partial charge in [-0.25, -0.2) is 0 Å². The predicted molar refractivity (Wildman–Crippen MR) is 57.8 cm³/mol. The van der Waals surface area contributed by atoms with Gasteiger partial charge in [0.1, 0.15) is 0 Å². The Bertz CT molecular complexity index is 369. The van der Waals surface area contributed by atoms with Crippen molar-refractivity contribution in [3.05, 3.63) is 17.0 Å². The van der Waals surface area contributed by atoms with Crippen LogP contribution in [-0.4, -0.2) is 22.9 Å². The number of carbonyl (C=O) groups is 1. The summed E-state index contributed by atoms with van der Waals surface area (Å²) in [7, 11) is 1.41. The van der Waals surface area contributed by atoms with E-state index in [-0.39, 0.29) is 11.9 Å². The molecule has 0 fully saturated rings. The molecule has 0 aromatic carbocycles. The van der Waals surface area contributed by atoms with E-state index < -0.39 is 0 Å². The van der Waals surface area contributed by atoms with E-state index in [0.717, 1.165) is 23.5 Å². The summed E-state index contributed by atoms with van der Waals surface area (Å²) in [5.74, 6) is -0.452. The fraction of sp³-hybridized carbons (Fsp3) is 0.636. The summed E-state index contributed by atoms with van der Waals surface area (Å²) in [4.78, 5) is 11.5. The highest BCUT2D eigenvalue weighted by Gasteiger charge is 2.23. The van der Waals surface area contributed by atoms with Crippen molar-refractivity contribution in [2.75, 3.05) is 7.11 Å². The van der Waals surface area contributed by atoms with E-state index in [4.69, 9.17) is 4.74 Å². The van der Waals surface area contributed by atoms with Crippen LogP contribution in [0, 0.1) is 13.8 Å². The molecule has 0 aliphatic rings. The van der Waals surface area contributed by atoms with E-state index in [2.05, 4.69) is 5.10 Å². The van der Waals surface area contributed by atoms with Gasteiger partial charge in [-0.05, 0) is 27.7 Å². The summed E-state index contributed by atoms with van der Waals surface area (Å²) in [6.45, 7) is 8.61. The van der Waals surface area contributed by atoms with E-state index in [0.29, 0.717) is 0 Å². The fourth-order valence-corrected chi connectivity index (χ4v) is 1.94. The van der Waals surface area contributed by atoms with Crippen molar-refractivity contribution < 1.29 is 9.53 Å². The minimum absolute atomic E-state index is 0.211. The van der Waals surface area contributed by atoms with Crippen molar-refractivity contribution in [1.82, 2.24) is 9.78 Å². The van der Waals surface area contributed by atoms with Gasteiger partial charge in [-0.2, -0.15) is 5.10 Å². The molecule has 0 amide bonds. The van der Waals surface area contributed by atoms with Crippen LogP contribution in [0.2, 0.25) is 0 Å². The first-order valence-corrected chi connectivity index (χ1v) is 5.14. The Morgan fingerprint density at radius 2 is 2.13 bits per heavy atom. The number of aryl methyl sites for hydroxylation is 2. The van der Waals surface area contributed by atoms with Crippen molar-refractivity contribution in [2.45, 2.75) is 40.2 Å². The molecule has 1 unspecified atom stereocenters. The van der Waals surface area contributed by atoms with Crippen LogP contribution in [0.5, 0.6) is 0 Å². The molecule has 1 heterocycles. The van der Waals surface area contributed by atoms with Crippen LogP contribution >= 0.6 is 0 Å². The summed E-state index contributed by atoms with van der Waals surface area (Å²) in [6.07, 6.45) is 0. The maximum atomic E-state index is 11.5. The van der Waals surface area contributed by atoms with Gasteiger partial charge in [0.05, 0.1) is 18.7 Å². The first kappa shape index (κ1) is 11.8. The lowest BCUT2D eigenvalue weighted by molar-refractivity contribution is -0.142. The van der Waals surface area contributed by atoms with Crippen LogP contribution in [0.3, 0.4) is 0 Å². The van der Waals surface area contributed by atoms with Gasteiger partial charge in [0.15, 0.2) is 0 Å². The van der Waals surface area contributed by atoms with Crippen molar-refractivity contribution in [1.29, 1.82) is 0 Å². The van der Waals surface area contributed by atoms with Crippen molar-refractivity contribution in [2.24, 2.45) is 0 Å². The third kappa shape index (κ3) is 2.03. The number of methoxy groups -OCH3 is 1. The number of hydrogen-bond acceptors (Lipinski definition) is 3. The van der Waals surface area contributed by atoms with Gasteiger partial charge >= 0.3 is 5.97 Å². The number of ether oxygens (including phenoxy) is 1. The fourth-order valence-electron chi connectivity index (χ4n) is 1.94. The molecule has 0 N–H and O–H groups in total. The molecule has 1 aromatic rings. The van der Waals surface area contributed by atoms with E-state index in [1.54, 1.807) is 0 Å². The maximum Gasteiger partial charge on any atom is 0.312 e. The first-order valence-electron chi connectivity index (χ1n) is 5.14. The van der Waals surface area contributed by atoms with Gasteiger partial charge in [-0.1, -0.05) is 0 Å². The molecule has 1 atom stereocenters. The summed E-state index contributed by atoms with van der Waals surface area (Å²) < 4.78 is 6.65. The van der Waals surface area contributed by atoms with E-state index in [1.165, 1.54) is 7.11 Å². The molecule has 0 bridgehead atoms. The number of nitrogens with zero attached hydrogens (tertiary/aromatic N) is 2. The largest absolute Gasteiger partial charge is 0.469 e. The molecule has 0 spiro atoms. The monoisotopic (exact) mass is 210 g/mol. The number of hydrogen-bond donors (Lipinski definition) is 0. The highest BCUT2D eigenvalue weighted by Crippen LogP contribution is 2.24. The maximum absolute atomic E-state index is 11.5. The molecule has 0 aliphatic heterocycles.